The first-order valence-electron chi connectivity index (χ1n) is 9.00. The molecule has 2 aliphatic heterocycles. The van der Waals surface area contributed by atoms with Gasteiger partial charge in [0.2, 0.25) is 5.91 Å². The molecule has 7 heteroatoms. The van der Waals surface area contributed by atoms with Crippen LogP contribution in [0, 0.1) is 18.8 Å². The third-order valence-corrected chi connectivity index (χ3v) is 5.29. The molecule has 2 aliphatic rings. The van der Waals surface area contributed by atoms with Crippen LogP contribution in [0.5, 0.6) is 0 Å². The maximum atomic E-state index is 12.8. The second-order valence-electron chi connectivity index (χ2n) is 6.92. The van der Waals surface area contributed by atoms with Gasteiger partial charge in [-0.15, -0.1) is 5.10 Å². The number of hydrogen-bond donors (Lipinski definition) is 0. The fourth-order valence-electron chi connectivity index (χ4n) is 3.68. The fourth-order valence-corrected chi connectivity index (χ4v) is 3.68. The zero-order valence-electron chi connectivity index (χ0n) is 15.0. The van der Waals surface area contributed by atoms with Crippen molar-refractivity contribution in [2.24, 2.45) is 11.8 Å². The van der Waals surface area contributed by atoms with Crippen LogP contribution in [0.2, 0.25) is 0 Å². The summed E-state index contributed by atoms with van der Waals surface area (Å²) in [5.41, 5.74) is 0.907. The van der Waals surface area contributed by atoms with Crippen LogP contribution in [0.15, 0.2) is 12.1 Å². The lowest BCUT2D eigenvalue weighted by Crippen LogP contribution is -2.46. The van der Waals surface area contributed by atoms with Crippen molar-refractivity contribution in [1.29, 1.82) is 0 Å². The Kier molecular flexibility index (Phi) is 5.50. The number of aryl methyl sites for hydroxylation is 1. The quantitative estimate of drug-likeness (QED) is 0.771. The number of piperidine rings is 2. The van der Waals surface area contributed by atoms with E-state index in [1.165, 1.54) is 7.11 Å². The second-order valence-corrected chi connectivity index (χ2v) is 6.92. The maximum Gasteiger partial charge on any atom is 0.308 e. The topological polar surface area (TPSA) is 75.6 Å². The number of hydrogen-bond acceptors (Lipinski definition) is 6. The highest BCUT2D eigenvalue weighted by Crippen LogP contribution is 2.26. The number of likely N-dealkylation sites (tertiary alicyclic amines) is 1. The van der Waals surface area contributed by atoms with Gasteiger partial charge in [-0.05, 0) is 44.7 Å². The normalized spacial score (nSPS) is 19.8. The molecule has 3 heterocycles. The molecule has 0 saturated carbocycles. The zero-order valence-corrected chi connectivity index (χ0v) is 15.0. The van der Waals surface area contributed by atoms with Crippen molar-refractivity contribution in [1.82, 2.24) is 15.1 Å². The Hall–Kier alpha value is -2.18. The molecule has 0 spiro atoms. The monoisotopic (exact) mass is 346 g/mol. The van der Waals surface area contributed by atoms with E-state index in [0.717, 1.165) is 37.4 Å². The molecule has 0 aliphatic carbocycles. The standard InChI is InChI=1S/C18H26N4O3/c1-13-3-4-16(20-19-13)21-9-5-14(6-10-21)17(23)22-11-7-15(8-12-22)18(24)25-2/h3-4,14-15H,5-12H2,1-2H3. The van der Waals surface area contributed by atoms with Gasteiger partial charge in [0.15, 0.2) is 5.82 Å². The maximum absolute atomic E-state index is 12.8. The van der Waals surface area contributed by atoms with E-state index >= 15 is 0 Å². The van der Waals surface area contributed by atoms with Crippen LogP contribution < -0.4 is 4.90 Å². The summed E-state index contributed by atoms with van der Waals surface area (Å²) in [7, 11) is 1.42. The smallest absolute Gasteiger partial charge is 0.308 e. The zero-order chi connectivity index (χ0) is 17.8. The van der Waals surface area contributed by atoms with Crippen LogP contribution in [0.3, 0.4) is 0 Å². The molecule has 1 aromatic heterocycles. The molecule has 25 heavy (non-hydrogen) atoms. The number of carbonyl (C=O) groups is 2. The Bertz CT molecular complexity index is 603. The van der Waals surface area contributed by atoms with E-state index in [4.69, 9.17) is 4.74 Å². The van der Waals surface area contributed by atoms with Crippen molar-refractivity contribution >= 4 is 17.7 Å². The number of nitrogens with zero attached hydrogens (tertiary/aromatic N) is 4. The van der Waals surface area contributed by atoms with Crippen molar-refractivity contribution in [3.8, 4) is 0 Å². The van der Waals surface area contributed by atoms with Gasteiger partial charge in [0.1, 0.15) is 0 Å². The van der Waals surface area contributed by atoms with Crippen LogP contribution in [-0.2, 0) is 14.3 Å². The van der Waals surface area contributed by atoms with Gasteiger partial charge in [-0.2, -0.15) is 5.10 Å². The summed E-state index contributed by atoms with van der Waals surface area (Å²) in [6, 6.07) is 3.95. The second kappa shape index (κ2) is 7.80. The van der Waals surface area contributed by atoms with Gasteiger partial charge >= 0.3 is 5.97 Å². The van der Waals surface area contributed by atoms with E-state index < -0.39 is 0 Å². The number of aromatic nitrogens is 2. The summed E-state index contributed by atoms with van der Waals surface area (Å²) < 4.78 is 4.80. The number of esters is 1. The molecule has 0 aromatic carbocycles. The van der Waals surface area contributed by atoms with Gasteiger partial charge in [-0.1, -0.05) is 0 Å². The third kappa shape index (κ3) is 4.08. The molecule has 2 fully saturated rings. The van der Waals surface area contributed by atoms with Crippen molar-refractivity contribution in [2.75, 3.05) is 38.2 Å². The minimum Gasteiger partial charge on any atom is -0.469 e. The van der Waals surface area contributed by atoms with Crippen molar-refractivity contribution in [3.63, 3.8) is 0 Å². The van der Waals surface area contributed by atoms with Crippen LogP contribution in [-0.4, -0.2) is 60.3 Å². The molecule has 0 radical (unpaired) electrons. The van der Waals surface area contributed by atoms with Crippen molar-refractivity contribution in [3.05, 3.63) is 17.8 Å². The highest BCUT2D eigenvalue weighted by atomic mass is 16.5. The van der Waals surface area contributed by atoms with E-state index in [0.29, 0.717) is 25.9 Å². The molecule has 136 valence electrons. The first-order chi connectivity index (χ1) is 12.1. The van der Waals surface area contributed by atoms with Gasteiger partial charge < -0.3 is 14.5 Å². The molecule has 0 bridgehead atoms. The molecule has 2 saturated heterocycles. The summed E-state index contributed by atoms with van der Waals surface area (Å²) >= 11 is 0. The summed E-state index contributed by atoms with van der Waals surface area (Å²) in [5, 5.41) is 8.34. The minimum atomic E-state index is -0.153. The lowest BCUT2D eigenvalue weighted by atomic mass is 9.92. The Morgan fingerprint density at radius 1 is 1.00 bits per heavy atom. The number of anilines is 1. The first kappa shape index (κ1) is 17.6. The molecule has 1 aromatic rings. The lowest BCUT2D eigenvalue weighted by molar-refractivity contribution is -0.149. The van der Waals surface area contributed by atoms with Crippen molar-refractivity contribution in [2.45, 2.75) is 32.6 Å². The molecule has 1 amide bonds. The lowest BCUT2D eigenvalue weighted by Gasteiger charge is -2.37. The molecule has 3 rings (SSSR count). The highest BCUT2D eigenvalue weighted by molar-refractivity contribution is 5.80. The Morgan fingerprint density at radius 2 is 1.64 bits per heavy atom. The summed E-state index contributed by atoms with van der Waals surface area (Å²) in [6.45, 7) is 4.88. The van der Waals surface area contributed by atoms with Gasteiger partial charge in [0.05, 0.1) is 18.7 Å². The Morgan fingerprint density at radius 3 is 2.20 bits per heavy atom. The predicted octanol–water partition coefficient (Wildman–Crippen LogP) is 1.41. The number of amides is 1. The van der Waals surface area contributed by atoms with E-state index in [2.05, 4.69) is 15.1 Å². The summed E-state index contributed by atoms with van der Waals surface area (Å²) in [4.78, 5) is 28.5. The molecule has 0 N–H and O–H groups in total. The van der Waals surface area contributed by atoms with Crippen LogP contribution in [0.1, 0.15) is 31.4 Å². The molecule has 0 unspecified atom stereocenters. The molecular formula is C18H26N4O3. The number of carbonyl (C=O) groups excluding carboxylic acids is 2. The highest BCUT2D eigenvalue weighted by Gasteiger charge is 2.33. The first-order valence-corrected chi connectivity index (χ1v) is 9.00. The Balaban J connectivity index is 1.49. The van der Waals surface area contributed by atoms with Gasteiger partial charge in [-0.3, -0.25) is 9.59 Å². The SMILES string of the molecule is COC(=O)C1CCN(C(=O)C2CCN(c3ccc(C)nn3)CC2)CC1. The summed E-state index contributed by atoms with van der Waals surface area (Å²) in [6.07, 6.45) is 3.09. The van der Waals surface area contributed by atoms with Gasteiger partial charge in [0, 0.05) is 32.1 Å². The van der Waals surface area contributed by atoms with E-state index in [-0.39, 0.29) is 23.7 Å². The van der Waals surface area contributed by atoms with Crippen LogP contribution in [0.25, 0.3) is 0 Å². The largest absolute Gasteiger partial charge is 0.469 e. The fraction of sp³-hybridized carbons (Fsp3) is 0.667. The van der Waals surface area contributed by atoms with Gasteiger partial charge in [-0.25, -0.2) is 0 Å². The molecular weight excluding hydrogens is 320 g/mol. The van der Waals surface area contributed by atoms with E-state index in [1.54, 1.807) is 0 Å². The van der Waals surface area contributed by atoms with E-state index in [9.17, 15) is 9.59 Å². The average molecular weight is 346 g/mol. The number of methoxy groups -OCH3 is 1. The molecule has 0 atom stereocenters. The predicted molar refractivity (Wildman–Crippen MR) is 93.0 cm³/mol. The third-order valence-electron chi connectivity index (χ3n) is 5.29. The average Bonchev–Trinajstić information content (AvgIpc) is 2.67. The minimum absolute atomic E-state index is 0.0593. The number of ether oxygens (including phenoxy) is 1. The van der Waals surface area contributed by atoms with Crippen LogP contribution in [0.4, 0.5) is 5.82 Å². The summed E-state index contributed by atoms with van der Waals surface area (Å²) in [5.74, 6) is 0.980. The van der Waals surface area contributed by atoms with Crippen LogP contribution >= 0.6 is 0 Å². The molecule has 7 nitrogen and oxygen atoms in total. The van der Waals surface area contributed by atoms with E-state index in [1.807, 2.05) is 24.0 Å². The number of rotatable bonds is 3. The van der Waals surface area contributed by atoms with Gasteiger partial charge in [0.25, 0.3) is 0 Å². The van der Waals surface area contributed by atoms with Crippen molar-refractivity contribution < 1.29 is 14.3 Å². The Labute approximate surface area is 148 Å².